The maximum absolute atomic E-state index is 12.4. The Kier molecular flexibility index (Phi) is 5.28. The number of hydrogen-bond acceptors (Lipinski definition) is 8. The fourth-order valence-corrected chi connectivity index (χ4v) is 4.57. The Morgan fingerprint density at radius 1 is 1.31 bits per heavy atom. The lowest BCUT2D eigenvalue weighted by molar-refractivity contribution is 0.0602. The van der Waals surface area contributed by atoms with Crippen molar-refractivity contribution in [3.8, 4) is 11.5 Å². The third-order valence-corrected chi connectivity index (χ3v) is 5.96. The summed E-state index contributed by atoms with van der Waals surface area (Å²) >= 11 is 0.956. The van der Waals surface area contributed by atoms with E-state index in [2.05, 4.69) is 9.46 Å². The van der Waals surface area contributed by atoms with Crippen molar-refractivity contribution < 1.29 is 31.9 Å². The molecule has 2 N–H and O–H groups in total. The molecule has 0 aromatic carbocycles. The molecule has 0 bridgehead atoms. The second-order valence-electron chi connectivity index (χ2n) is 5.15. The first-order valence-electron chi connectivity index (χ1n) is 7.39. The van der Waals surface area contributed by atoms with Gasteiger partial charge in [0.2, 0.25) is 10.0 Å². The zero-order valence-corrected chi connectivity index (χ0v) is 15.2. The maximum atomic E-state index is 12.4. The van der Waals surface area contributed by atoms with Gasteiger partial charge in [-0.25, -0.2) is 17.9 Å². The summed E-state index contributed by atoms with van der Waals surface area (Å²) in [5, 5.41) is 11.6. The lowest BCUT2D eigenvalue weighted by Crippen LogP contribution is -2.29. The normalized spacial score (nSPS) is 12.8. The number of aliphatic hydroxyl groups is 1. The fourth-order valence-electron chi connectivity index (χ4n) is 2.20. The molecule has 0 fully saturated rings. The van der Waals surface area contributed by atoms with Crippen LogP contribution in [0.4, 0.5) is 0 Å². The van der Waals surface area contributed by atoms with Crippen LogP contribution in [0.3, 0.4) is 0 Å². The summed E-state index contributed by atoms with van der Waals surface area (Å²) in [6.07, 6.45) is 0.274. The average molecular weight is 397 g/mol. The Hall–Kier alpha value is -2.40. The number of carbonyl (C=O) groups is 1. The second-order valence-corrected chi connectivity index (χ2v) is 7.80. The van der Waals surface area contributed by atoms with Gasteiger partial charge >= 0.3 is 5.97 Å². The van der Waals surface area contributed by atoms with Gasteiger partial charge in [-0.15, -0.1) is 11.3 Å². The van der Waals surface area contributed by atoms with Crippen molar-refractivity contribution in [3.05, 3.63) is 52.6 Å². The number of esters is 1. The molecule has 0 radical (unpaired) electrons. The zero-order chi connectivity index (χ0) is 18.7. The number of sulfonamides is 1. The van der Waals surface area contributed by atoms with E-state index in [0.717, 1.165) is 11.3 Å². The fraction of sp³-hybridized carbons (Fsp3) is 0.188. The molecule has 0 aliphatic rings. The van der Waals surface area contributed by atoms with Crippen molar-refractivity contribution in [1.29, 1.82) is 0 Å². The van der Waals surface area contributed by atoms with Gasteiger partial charge < -0.3 is 18.7 Å². The van der Waals surface area contributed by atoms with Gasteiger partial charge in [-0.3, -0.25) is 0 Å². The molecule has 0 saturated heterocycles. The van der Waals surface area contributed by atoms with Crippen LogP contribution in [0.15, 0.2) is 55.7 Å². The number of aliphatic hydroxyl groups excluding tert-OH is 1. The molecule has 1 unspecified atom stereocenters. The average Bonchev–Trinajstić information content (AvgIpc) is 3.38. The monoisotopic (exact) mass is 397 g/mol. The van der Waals surface area contributed by atoms with E-state index in [9.17, 15) is 18.3 Å². The van der Waals surface area contributed by atoms with E-state index < -0.39 is 22.1 Å². The minimum absolute atomic E-state index is 0.0346. The van der Waals surface area contributed by atoms with Gasteiger partial charge in [-0.1, -0.05) is 0 Å². The molecule has 26 heavy (non-hydrogen) atoms. The van der Waals surface area contributed by atoms with Crippen molar-refractivity contribution in [2.75, 3.05) is 13.7 Å². The van der Waals surface area contributed by atoms with Gasteiger partial charge in [0.25, 0.3) is 0 Å². The Bertz CT molecular complexity index is 986. The maximum Gasteiger partial charge on any atom is 0.349 e. The molecule has 3 heterocycles. The van der Waals surface area contributed by atoms with Crippen LogP contribution in [0.1, 0.15) is 21.5 Å². The molecular weight excluding hydrogens is 382 g/mol. The van der Waals surface area contributed by atoms with E-state index in [4.69, 9.17) is 8.83 Å². The third kappa shape index (κ3) is 3.73. The van der Waals surface area contributed by atoms with E-state index in [-0.39, 0.29) is 22.1 Å². The molecule has 10 heteroatoms. The number of furan rings is 2. The van der Waals surface area contributed by atoms with Crippen LogP contribution in [0, 0.1) is 0 Å². The van der Waals surface area contributed by atoms with Crippen LogP contribution in [0.5, 0.6) is 0 Å². The molecule has 0 aliphatic heterocycles. The molecule has 3 aromatic rings. The van der Waals surface area contributed by atoms with E-state index in [0.29, 0.717) is 11.5 Å². The number of hydrogen-bond donors (Lipinski definition) is 2. The number of nitrogens with one attached hydrogen (secondary N) is 1. The highest BCUT2D eigenvalue weighted by atomic mass is 32.2. The summed E-state index contributed by atoms with van der Waals surface area (Å²) in [6.45, 7) is -0.329. The van der Waals surface area contributed by atoms with E-state index >= 15 is 0 Å². The summed E-state index contributed by atoms with van der Waals surface area (Å²) in [5.41, 5.74) is 0. The minimum Gasteiger partial charge on any atom is -0.465 e. The van der Waals surface area contributed by atoms with E-state index in [1.165, 1.54) is 30.9 Å². The van der Waals surface area contributed by atoms with Gasteiger partial charge in [0.05, 0.1) is 13.4 Å². The lowest BCUT2D eigenvalue weighted by Gasteiger charge is -2.10. The van der Waals surface area contributed by atoms with Crippen molar-refractivity contribution in [2.24, 2.45) is 0 Å². The number of thiophene rings is 1. The Morgan fingerprint density at radius 3 is 2.81 bits per heavy atom. The van der Waals surface area contributed by atoms with Crippen LogP contribution in [0.25, 0.3) is 11.5 Å². The number of ether oxygens (including phenoxy) is 1. The molecule has 0 saturated carbocycles. The molecule has 0 spiro atoms. The summed E-state index contributed by atoms with van der Waals surface area (Å²) in [4.78, 5) is 11.4. The van der Waals surface area contributed by atoms with Crippen LogP contribution < -0.4 is 4.72 Å². The molecule has 0 aliphatic carbocycles. The molecule has 3 aromatic heterocycles. The second kappa shape index (κ2) is 7.46. The van der Waals surface area contributed by atoms with Gasteiger partial charge in [0.15, 0.2) is 11.5 Å². The summed E-state index contributed by atoms with van der Waals surface area (Å²) < 4.78 is 42.3. The SMILES string of the molecule is COC(=O)c1sccc1S(=O)(=O)NCC(O)c1ccc(-c2ccco2)o1. The van der Waals surface area contributed by atoms with E-state index in [1.54, 1.807) is 18.2 Å². The molecule has 3 rings (SSSR count). The topological polar surface area (TPSA) is 119 Å². The van der Waals surface area contributed by atoms with Crippen molar-refractivity contribution in [2.45, 2.75) is 11.0 Å². The zero-order valence-electron chi connectivity index (χ0n) is 13.5. The van der Waals surface area contributed by atoms with Gasteiger partial charge in [0, 0.05) is 6.54 Å². The molecule has 0 amide bonds. The van der Waals surface area contributed by atoms with Gasteiger partial charge in [-0.05, 0) is 35.7 Å². The Labute approximate surface area is 153 Å². The minimum atomic E-state index is -4.00. The standard InChI is InChI=1S/C16H15NO7S2/c1-22-16(19)15-14(6-8-25-15)26(20,21)17-9-10(18)11-4-5-13(24-11)12-3-2-7-23-12/h2-8,10,17-18H,9H2,1H3. The smallest absolute Gasteiger partial charge is 0.349 e. The van der Waals surface area contributed by atoms with Gasteiger partial charge in [-0.2, -0.15) is 0 Å². The van der Waals surface area contributed by atoms with Crippen LogP contribution in [0.2, 0.25) is 0 Å². The predicted molar refractivity (Wildman–Crippen MR) is 92.2 cm³/mol. The molecule has 1 atom stereocenters. The number of methoxy groups -OCH3 is 1. The molecule has 138 valence electrons. The Balaban J connectivity index is 1.70. The molecular formula is C16H15NO7S2. The quantitative estimate of drug-likeness (QED) is 0.588. The predicted octanol–water partition coefficient (Wildman–Crippen LogP) is 2.40. The lowest BCUT2D eigenvalue weighted by atomic mass is 10.3. The number of carbonyl (C=O) groups excluding carboxylic acids is 1. The first kappa shape index (κ1) is 18.4. The highest BCUT2D eigenvalue weighted by Crippen LogP contribution is 2.26. The first-order valence-corrected chi connectivity index (χ1v) is 9.76. The third-order valence-electron chi connectivity index (χ3n) is 3.48. The largest absolute Gasteiger partial charge is 0.465 e. The number of rotatable bonds is 7. The summed E-state index contributed by atoms with van der Waals surface area (Å²) in [6, 6.07) is 7.83. The van der Waals surface area contributed by atoms with Crippen molar-refractivity contribution >= 4 is 27.3 Å². The van der Waals surface area contributed by atoms with Crippen LogP contribution in [-0.2, 0) is 14.8 Å². The first-order chi connectivity index (χ1) is 12.4. The highest BCUT2D eigenvalue weighted by Gasteiger charge is 2.26. The van der Waals surface area contributed by atoms with Crippen molar-refractivity contribution in [1.82, 2.24) is 4.72 Å². The van der Waals surface area contributed by atoms with Crippen molar-refractivity contribution in [3.63, 3.8) is 0 Å². The molecule has 8 nitrogen and oxygen atoms in total. The van der Waals surface area contributed by atoms with Crippen LogP contribution in [-0.4, -0.2) is 33.1 Å². The van der Waals surface area contributed by atoms with Gasteiger partial charge in [0.1, 0.15) is 21.6 Å². The van der Waals surface area contributed by atoms with Crippen LogP contribution >= 0.6 is 11.3 Å². The van der Waals surface area contributed by atoms with E-state index in [1.807, 2.05) is 0 Å². The Morgan fingerprint density at radius 2 is 2.12 bits per heavy atom. The summed E-state index contributed by atoms with van der Waals surface area (Å²) in [7, 11) is -2.83. The highest BCUT2D eigenvalue weighted by molar-refractivity contribution is 7.89. The summed E-state index contributed by atoms with van der Waals surface area (Å²) in [5.74, 6) is 0.343.